The van der Waals surface area contributed by atoms with E-state index in [4.69, 9.17) is 27.9 Å². The van der Waals surface area contributed by atoms with E-state index < -0.39 is 5.43 Å². The average Bonchev–Trinajstić information content (AvgIpc) is 2.50. The van der Waals surface area contributed by atoms with Gasteiger partial charge in [-0.1, -0.05) is 35.9 Å². The summed E-state index contributed by atoms with van der Waals surface area (Å²) < 4.78 is 4.75. The average molecular weight is 243 g/mol. The quantitative estimate of drug-likeness (QED) is 0.739. The van der Waals surface area contributed by atoms with Crippen molar-refractivity contribution in [1.82, 2.24) is 0 Å². The van der Waals surface area contributed by atoms with Crippen LogP contribution in [0.3, 0.4) is 0 Å². The van der Waals surface area contributed by atoms with Crippen LogP contribution >= 0.6 is 23.2 Å². The molecule has 0 saturated carbocycles. The lowest BCUT2D eigenvalue weighted by molar-refractivity contribution is 0.170. The summed E-state index contributed by atoms with van der Waals surface area (Å²) in [6, 6.07) is 7.81. The highest BCUT2D eigenvalue weighted by Crippen LogP contribution is 2.38. The SMILES string of the molecule is O=C(Cl)OCC1C(Cl)=Cc2ccccc21. The number of ether oxygens (including phenoxy) is 1. The number of halogens is 2. The van der Waals surface area contributed by atoms with Crippen LogP contribution in [0.2, 0.25) is 0 Å². The molecule has 78 valence electrons. The van der Waals surface area contributed by atoms with Crippen LogP contribution < -0.4 is 0 Å². The smallest absolute Gasteiger partial charge is 0.403 e. The van der Waals surface area contributed by atoms with Crippen LogP contribution in [0.1, 0.15) is 17.0 Å². The Labute approximate surface area is 97.4 Å². The minimum absolute atomic E-state index is 0.0782. The Kier molecular flexibility index (Phi) is 2.98. The first kappa shape index (κ1) is 10.5. The second-order valence-corrected chi connectivity index (χ2v) is 4.00. The third kappa shape index (κ3) is 2.16. The van der Waals surface area contributed by atoms with Gasteiger partial charge in [-0.15, -0.1) is 0 Å². The van der Waals surface area contributed by atoms with Crippen LogP contribution in [-0.2, 0) is 4.74 Å². The number of rotatable bonds is 2. The predicted octanol–water partition coefficient (Wildman–Crippen LogP) is 3.74. The molecule has 0 aromatic heterocycles. The van der Waals surface area contributed by atoms with Crippen LogP contribution in [0.25, 0.3) is 6.08 Å². The Morgan fingerprint density at radius 2 is 2.13 bits per heavy atom. The normalized spacial score (nSPS) is 18.3. The molecule has 0 spiro atoms. The minimum atomic E-state index is -0.802. The van der Waals surface area contributed by atoms with Crippen molar-refractivity contribution >= 4 is 34.7 Å². The van der Waals surface area contributed by atoms with E-state index in [9.17, 15) is 4.79 Å². The zero-order chi connectivity index (χ0) is 10.8. The number of carbonyl (C=O) groups is 1. The van der Waals surface area contributed by atoms with Gasteiger partial charge in [-0.25, -0.2) is 4.79 Å². The van der Waals surface area contributed by atoms with Crippen LogP contribution in [0, 0.1) is 0 Å². The molecule has 4 heteroatoms. The Morgan fingerprint density at radius 1 is 1.40 bits per heavy atom. The standard InChI is InChI=1S/C11H8Cl2O2/c12-10-5-7-3-1-2-4-8(7)9(10)6-15-11(13)14/h1-5,9H,6H2. The van der Waals surface area contributed by atoms with Gasteiger partial charge >= 0.3 is 5.43 Å². The number of carbonyl (C=O) groups excluding carboxylic acids is 1. The largest absolute Gasteiger partial charge is 0.453 e. The van der Waals surface area contributed by atoms with Gasteiger partial charge < -0.3 is 4.74 Å². The maximum Gasteiger partial charge on any atom is 0.403 e. The molecule has 0 aliphatic heterocycles. The van der Waals surface area contributed by atoms with E-state index in [1.165, 1.54) is 0 Å². The monoisotopic (exact) mass is 242 g/mol. The van der Waals surface area contributed by atoms with Gasteiger partial charge in [0.15, 0.2) is 0 Å². The second-order valence-electron chi connectivity index (χ2n) is 3.26. The van der Waals surface area contributed by atoms with Gasteiger partial charge in [0, 0.05) is 16.6 Å². The summed E-state index contributed by atoms with van der Waals surface area (Å²) in [7, 11) is 0. The number of fused-ring (bicyclic) bond motifs is 1. The molecule has 0 amide bonds. The van der Waals surface area contributed by atoms with Crippen LogP contribution in [0.15, 0.2) is 29.3 Å². The van der Waals surface area contributed by atoms with Crippen molar-refractivity contribution in [2.24, 2.45) is 0 Å². The highest BCUT2D eigenvalue weighted by atomic mass is 35.5. The fourth-order valence-corrected chi connectivity index (χ4v) is 2.04. The van der Waals surface area contributed by atoms with Crippen molar-refractivity contribution in [2.75, 3.05) is 6.61 Å². The molecule has 0 bridgehead atoms. The van der Waals surface area contributed by atoms with E-state index >= 15 is 0 Å². The Hall–Kier alpha value is -0.990. The van der Waals surface area contributed by atoms with Crippen molar-refractivity contribution in [2.45, 2.75) is 5.92 Å². The van der Waals surface area contributed by atoms with E-state index in [1.807, 2.05) is 30.3 Å². The summed E-state index contributed by atoms with van der Waals surface area (Å²) in [5, 5.41) is 0.675. The first-order valence-corrected chi connectivity index (χ1v) is 5.22. The highest BCUT2D eigenvalue weighted by Gasteiger charge is 2.24. The van der Waals surface area contributed by atoms with E-state index in [0.717, 1.165) is 11.1 Å². The summed E-state index contributed by atoms with van der Waals surface area (Å²) in [4.78, 5) is 10.5. The van der Waals surface area contributed by atoms with Crippen molar-refractivity contribution < 1.29 is 9.53 Å². The maximum atomic E-state index is 10.5. The van der Waals surface area contributed by atoms with Gasteiger partial charge in [-0.3, -0.25) is 0 Å². The molecule has 1 aliphatic carbocycles. The van der Waals surface area contributed by atoms with Gasteiger partial charge in [0.25, 0.3) is 0 Å². The molecule has 2 nitrogen and oxygen atoms in total. The van der Waals surface area contributed by atoms with Crippen molar-refractivity contribution in [3.63, 3.8) is 0 Å². The predicted molar refractivity (Wildman–Crippen MR) is 60.2 cm³/mol. The number of hydrogen-bond donors (Lipinski definition) is 0. The molecule has 0 radical (unpaired) electrons. The highest BCUT2D eigenvalue weighted by molar-refractivity contribution is 6.61. The zero-order valence-electron chi connectivity index (χ0n) is 7.74. The van der Waals surface area contributed by atoms with Crippen LogP contribution in [-0.4, -0.2) is 12.0 Å². The van der Waals surface area contributed by atoms with E-state index in [2.05, 4.69) is 0 Å². The Bertz CT molecular complexity index is 426. The lowest BCUT2D eigenvalue weighted by Gasteiger charge is -2.11. The molecule has 0 fully saturated rings. The molecular weight excluding hydrogens is 235 g/mol. The van der Waals surface area contributed by atoms with E-state index in [0.29, 0.717) is 5.03 Å². The molecule has 1 unspecified atom stereocenters. The first-order valence-electron chi connectivity index (χ1n) is 4.47. The van der Waals surface area contributed by atoms with E-state index in [-0.39, 0.29) is 12.5 Å². The topological polar surface area (TPSA) is 26.3 Å². The lowest BCUT2D eigenvalue weighted by Crippen LogP contribution is -2.07. The molecule has 0 N–H and O–H groups in total. The Balaban J connectivity index is 2.20. The fourth-order valence-electron chi connectivity index (χ4n) is 1.68. The second kappa shape index (κ2) is 4.25. The minimum Gasteiger partial charge on any atom is -0.453 e. The molecule has 0 heterocycles. The summed E-state index contributed by atoms with van der Waals surface area (Å²) in [5.74, 6) is -0.0782. The number of benzene rings is 1. The van der Waals surface area contributed by atoms with Gasteiger partial charge in [0.2, 0.25) is 0 Å². The molecule has 1 aromatic rings. The van der Waals surface area contributed by atoms with Gasteiger partial charge in [0.1, 0.15) is 6.61 Å². The van der Waals surface area contributed by atoms with Crippen molar-refractivity contribution in [3.8, 4) is 0 Å². The first-order chi connectivity index (χ1) is 7.18. The molecule has 15 heavy (non-hydrogen) atoms. The van der Waals surface area contributed by atoms with Crippen molar-refractivity contribution in [1.29, 1.82) is 0 Å². The zero-order valence-corrected chi connectivity index (χ0v) is 9.26. The van der Waals surface area contributed by atoms with Gasteiger partial charge in [-0.2, -0.15) is 0 Å². The molecule has 1 aliphatic rings. The van der Waals surface area contributed by atoms with Gasteiger partial charge in [0.05, 0.1) is 5.92 Å². The summed E-state index contributed by atoms with van der Waals surface area (Å²) in [5.41, 5.74) is 1.34. The summed E-state index contributed by atoms with van der Waals surface area (Å²) >= 11 is 11.2. The molecule has 2 rings (SSSR count). The van der Waals surface area contributed by atoms with Crippen LogP contribution in [0.5, 0.6) is 0 Å². The van der Waals surface area contributed by atoms with Crippen LogP contribution in [0.4, 0.5) is 4.79 Å². The lowest BCUT2D eigenvalue weighted by atomic mass is 10.0. The third-order valence-electron chi connectivity index (χ3n) is 2.36. The number of hydrogen-bond acceptors (Lipinski definition) is 2. The van der Waals surface area contributed by atoms with E-state index in [1.54, 1.807) is 0 Å². The molecular formula is C11H8Cl2O2. The fraction of sp³-hybridized carbons (Fsp3) is 0.182. The molecule has 0 saturated heterocycles. The summed E-state index contributed by atoms with van der Waals surface area (Å²) in [6.45, 7) is 0.189. The Morgan fingerprint density at radius 3 is 2.87 bits per heavy atom. The van der Waals surface area contributed by atoms with Gasteiger partial charge in [-0.05, 0) is 17.2 Å². The third-order valence-corrected chi connectivity index (χ3v) is 2.84. The summed E-state index contributed by atoms with van der Waals surface area (Å²) in [6.07, 6.45) is 1.88. The molecule has 1 aromatic carbocycles. The maximum absolute atomic E-state index is 10.5. The van der Waals surface area contributed by atoms with Crippen molar-refractivity contribution in [3.05, 3.63) is 40.4 Å². The molecule has 1 atom stereocenters.